The molecule has 0 aliphatic heterocycles. The smallest absolute Gasteiger partial charge is 0.137 e. The van der Waals surface area contributed by atoms with E-state index in [0.717, 1.165) is 47.5 Å². The fraction of sp³-hybridized carbons (Fsp3) is 0.292. The van der Waals surface area contributed by atoms with Crippen LogP contribution in [0.5, 0.6) is 0 Å². The van der Waals surface area contributed by atoms with Gasteiger partial charge in [-0.3, -0.25) is 0 Å². The Morgan fingerprint density at radius 3 is 2.72 bits per heavy atom. The van der Waals surface area contributed by atoms with E-state index in [1.54, 1.807) is 12.5 Å². The maximum atomic E-state index is 9.53. The quantitative estimate of drug-likeness (QED) is 0.369. The van der Waals surface area contributed by atoms with Crippen LogP contribution in [0, 0.1) is 0 Å². The minimum absolute atomic E-state index is 0.115. The Morgan fingerprint density at radius 1 is 1.12 bits per heavy atom. The lowest BCUT2D eigenvalue weighted by Crippen LogP contribution is -2.29. The van der Waals surface area contributed by atoms with E-state index in [9.17, 15) is 5.11 Å². The Hall–Kier alpha value is -3.16. The number of aromatic nitrogens is 4. The van der Waals surface area contributed by atoms with E-state index in [1.807, 2.05) is 47.3 Å². The lowest BCUT2D eigenvalue weighted by atomic mass is 10.1. The number of nitrogens with one attached hydrogen (secondary N) is 1. The van der Waals surface area contributed by atoms with Crippen LogP contribution in [-0.2, 0) is 0 Å². The van der Waals surface area contributed by atoms with Crippen LogP contribution in [0.1, 0.15) is 19.8 Å². The number of aliphatic hydroxyl groups is 1. The third kappa shape index (κ3) is 5.36. The summed E-state index contributed by atoms with van der Waals surface area (Å²) in [6.07, 6.45) is 7.19. The van der Waals surface area contributed by atoms with Crippen LogP contribution in [-0.4, -0.2) is 50.6 Å². The number of aliphatic hydroxyl groups excluding tert-OH is 1. The van der Waals surface area contributed by atoms with Crippen molar-refractivity contribution in [2.45, 2.75) is 25.8 Å². The first kappa shape index (κ1) is 22.0. The monoisotopic (exact) mass is 450 g/mol. The summed E-state index contributed by atoms with van der Waals surface area (Å²) in [5.74, 6) is 0.820. The van der Waals surface area contributed by atoms with Gasteiger partial charge >= 0.3 is 0 Å². The normalized spacial score (nSPS) is 12.1. The Labute approximate surface area is 192 Å². The molecule has 0 aliphatic carbocycles. The molecule has 4 aromatic rings. The van der Waals surface area contributed by atoms with Gasteiger partial charge in [0, 0.05) is 47.6 Å². The van der Waals surface area contributed by atoms with Gasteiger partial charge in [0.15, 0.2) is 0 Å². The lowest BCUT2D eigenvalue weighted by Gasteiger charge is -2.25. The molecule has 0 saturated carbocycles. The molecule has 4 rings (SSSR count). The standard InChI is InChI=1S/C24H27ClN6O/c1-18(29-24-22-10-5-19(25)16-23(22)26-17-27-24)4-2-12-30(14-15-32)20-6-8-21(9-7-20)31-13-3-11-28-31/h3,5-11,13,16-18,32H,2,4,12,14-15H2,1H3,(H,26,27,29). The van der Waals surface area contributed by atoms with Crippen molar-refractivity contribution in [3.05, 3.63) is 72.3 Å². The highest BCUT2D eigenvalue weighted by Gasteiger charge is 2.11. The minimum atomic E-state index is 0.115. The molecule has 1 atom stereocenters. The van der Waals surface area contributed by atoms with Gasteiger partial charge in [-0.1, -0.05) is 11.6 Å². The highest BCUT2D eigenvalue weighted by atomic mass is 35.5. The van der Waals surface area contributed by atoms with Crippen molar-refractivity contribution in [1.29, 1.82) is 0 Å². The fourth-order valence-corrected chi connectivity index (χ4v) is 3.93. The summed E-state index contributed by atoms with van der Waals surface area (Å²) in [7, 11) is 0. The summed E-state index contributed by atoms with van der Waals surface area (Å²) in [6, 6.07) is 16.0. The molecule has 2 N–H and O–H groups in total. The SMILES string of the molecule is CC(CCCN(CCO)c1ccc(-n2cccn2)cc1)Nc1ncnc2cc(Cl)ccc12. The molecule has 0 fully saturated rings. The van der Waals surface area contributed by atoms with Gasteiger partial charge in [-0.05, 0) is 68.3 Å². The molecule has 7 nitrogen and oxygen atoms in total. The van der Waals surface area contributed by atoms with Gasteiger partial charge in [0.1, 0.15) is 12.1 Å². The number of fused-ring (bicyclic) bond motifs is 1. The van der Waals surface area contributed by atoms with E-state index < -0.39 is 0 Å². The third-order valence-corrected chi connectivity index (χ3v) is 5.64. The van der Waals surface area contributed by atoms with E-state index in [2.05, 4.69) is 44.3 Å². The van der Waals surface area contributed by atoms with Crippen LogP contribution in [0.3, 0.4) is 0 Å². The Morgan fingerprint density at radius 2 is 1.97 bits per heavy atom. The first-order chi connectivity index (χ1) is 15.6. The lowest BCUT2D eigenvalue weighted by molar-refractivity contribution is 0.301. The summed E-state index contributed by atoms with van der Waals surface area (Å²) < 4.78 is 1.83. The molecule has 1 unspecified atom stereocenters. The molecule has 0 radical (unpaired) electrons. The zero-order chi connectivity index (χ0) is 22.3. The number of rotatable bonds is 10. The molecule has 0 aliphatic rings. The average Bonchev–Trinajstić information content (AvgIpc) is 3.34. The number of nitrogens with zero attached hydrogens (tertiary/aromatic N) is 5. The van der Waals surface area contributed by atoms with Gasteiger partial charge in [-0.2, -0.15) is 5.10 Å². The van der Waals surface area contributed by atoms with Crippen molar-refractivity contribution < 1.29 is 5.11 Å². The predicted molar refractivity (Wildman–Crippen MR) is 130 cm³/mol. The summed E-state index contributed by atoms with van der Waals surface area (Å²) in [6.45, 7) is 3.72. The first-order valence-corrected chi connectivity index (χ1v) is 11.1. The highest BCUT2D eigenvalue weighted by molar-refractivity contribution is 6.31. The van der Waals surface area contributed by atoms with E-state index in [1.165, 1.54) is 0 Å². The van der Waals surface area contributed by atoms with Crippen molar-refractivity contribution in [1.82, 2.24) is 19.7 Å². The second kappa shape index (κ2) is 10.4. The molecule has 2 aromatic heterocycles. The molecule has 2 heterocycles. The molecule has 0 bridgehead atoms. The number of anilines is 2. The molecule has 166 valence electrons. The van der Waals surface area contributed by atoms with Gasteiger partial charge in [0.25, 0.3) is 0 Å². The van der Waals surface area contributed by atoms with Crippen LogP contribution >= 0.6 is 11.6 Å². The maximum absolute atomic E-state index is 9.53. The Kier molecular flexibility index (Phi) is 7.19. The largest absolute Gasteiger partial charge is 0.395 e. The van der Waals surface area contributed by atoms with Crippen LogP contribution in [0.25, 0.3) is 16.6 Å². The molecule has 2 aromatic carbocycles. The van der Waals surface area contributed by atoms with Crippen molar-refractivity contribution >= 4 is 34.0 Å². The van der Waals surface area contributed by atoms with Crippen LogP contribution in [0.2, 0.25) is 5.02 Å². The summed E-state index contributed by atoms with van der Waals surface area (Å²) in [4.78, 5) is 10.9. The molecule has 0 amide bonds. The zero-order valence-electron chi connectivity index (χ0n) is 18.0. The van der Waals surface area contributed by atoms with Gasteiger partial charge < -0.3 is 15.3 Å². The minimum Gasteiger partial charge on any atom is -0.395 e. The number of hydrogen-bond donors (Lipinski definition) is 2. The molecular weight excluding hydrogens is 424 g/mol. The Balaban J connectivity index is 1.34. The van der Waals surface area contributed by atoms with Gasteiger partial charge in [-0.25, -0.2) is 14.6 Å². The van der Waals surface area contributed by atoms with E-state index in [0.29, 0.717) is 11.6 Å². The number of hydrogen-bond acceptors (Lipinski definition) is 6. The molecule has 32 heavy (non-hydrogen) atoms. The van der Waals surface area contributed by atoms with Crippen molar-refractivity contribution in [3.63, 3.8) is 0 Å². The first-order valence-electron chi connectivity index (χ1n) is 10.8. The Bertz CT molecular complexity index is 1130. The maximum Gasteiger partial charge on any atom is 0.137 e. The second-order valence-electron chi connectivity index (χ2n) is 7.75. The van der Waals surface area contributed by atoms with E-state index in [4.69, 9.17) is 11.6 Å². The topological polar surface area (TPSA) is 79.1 Å². The molecule has 0 saturated heterocycles. The third-order valence-electron chi connectivity index (χ3n) is 5.40. The van der Waals surface area contributed by atoms with Gasteiger partial charge in [0.2, 0.25) is 0 Å². The van der Waals surface area contributed by atoms with Crippen molar-refractivity contribution in [3.8, 4) is 5.69 Å². The average molecular weight is 451 g/mol. The molecule has 0 spiro atoms. The summed E-state index contributed by atoms with van der Waals surface area (Å²) in [5, 5.41) is 18.9. The number of halogens is 1. The van der Waals surface area contributed by atoms with Crippen LogP contribution in [0.15, 0.2) is 67.3 Å². The highest BCUT2D eigenvalue weighted by Crippen LogP contribution is 2.24. The predicted octanol–water partition coefficient (Wildman–Crippen LogP) is 4.55. The van der Waals surface area contributed by atoms with Gasteiger partial charge in [-0.15, -0.1) is 0 Å². The molecule has 8 heteroatoms. The van der Waals surface area contributed by atoms with Gasteiger partial charge in [0.05, 0.1) is 17.8 Å². The number of benzene rings is 2. The van der Waals surface area contributed by atoms with Crippen molar-refractivity contribution in [2.24, 2.45) is 0 Å². The molecular formula is C24H27ClN6O. The second-order valence-corrected chi connectivity index (χ2v) is 8.19. The summed E-state index contributed by atoms with van der Waals surface area (Å²) >= 11 is 6.08. The van der Waals surface area contributed by atoms with E-state index >= 15 is 0 Å². The van der Waals surface area contributed by atoms with Crippen molar-refractivity contribution in [2.75, 3.05) is 29.9 Å². The summed E-state index contributed by atoms with van der Waals surface area (Å²) in [5.41, 5.74) is 2.93. The van der Waals surface area contributed by atoms with E-state index in [-0.39, 0.29) is 12.6 Å². The van der Waals surface area contributed by atoms with Crippen LogP contribution < -0.4 is 10.2 Å². The zero-order valence-corrected chi connectivity index (χ0v) is 18.8. The fourth-order valence-electron chi connectivity index (χ4n) is 3.77. The van der Waals surface area contributed by atoms with Crippen LogP contribution in [0.4, 0.5) is 11.5 Å².